The van der Waals surface area contributed by atoms with Crippen molar-refractivity contribution in [2.45, 2.75) is 25.9 Å². The van der Waals surface area contributed by atoms with Crippen molar-refractivity contribution in [2.75, 3.05) is 32.7 Å². The Kier molecular flexibility index (Phi) is 11.3. The van der Waals surface area contributed by atoms with Crippen molar-refractivity contribution >= 4 is 46.2 Å². The maximum atomic E-state index is 13.7. The molecule has 12 heteroatoms. The molecule has 49 heavy (non-hydrogen) atoms. The standard InChI is InChI=1S/C37H34F3N3O5S/c1-4-24-8-13-28(14-9-24)42-36-43(19-18-25-10-15-30(46-2)16-11-25)35(45)33(49-36)21-26-12-17-31(32(20-26)47-3)48-23-34(44)41-29-7-5-6-27(22-29)37(38,39)40/h5-17,20-22H,4,18-19,23H2,1-3H3,(H,41,44). The molecular weight excluding hydrogens is 655 g/mol. The third-order valence-corrected chi connectivity index (χ3v) is 8.57. The van der Waals surface area contributed by atoms with Gasteiger partial charge in [-0.25, -0.2) is 4.99 Å². The van der Waals surface area contributed by atoms with E-state index in [4.69, 9.17) is 19.2 Å². The van der Waals surface area contributed by atoms with Gasteiger partial charge in [0.2, 0.25) is 0 Å². The number of amides is 2. The third-order valence-electron chi connectivity index (χ3n) is 7.56. The Morgan fingerprint density at radius 2 is 1.65 bits per heavy atom. The number of rotatable bonds is 12. The fourth-order valence-electron chi connectivity index (χ4n) is 4.90. The van der Waals surface area contributed by atoms with Gasteiger partial charge < -0.3 is 19.5 Å². The third kappa shape index (κ3) is 9.23. The number of halogens is 3. The number of thioether (sulfide) groups is 1. The molecule has 8 nitrogen and oxygen atoms in total. The highest BCUT2D eigenvalue weighted by atomic mass is 32.2. The molecule has 4 aromatic rings. The molecule has 0 aromatic heterocycles. The molecule has 0 unspecified atom stereocenters. The number of hydrogen-bond donors (Lipinski definition) is 1. The number of amidine groups is 1. The van der Waals surface area contributed by atoms with Gasteiger partial charge in [-0.05, 0) is 102 Å². The molecule has 5 rings (SSSR count). The molecule has 1 aliphatic rings. The zero-order chi connectivity index (χ0) is 35.0. The molecule has 2 amide bonds. The molecule has 254 valence electrons. The zero-order valence-electron chi connectivity index (χ0n) is 27.0. The maximum Gasteiger partial charge on any atom is 0.416 e. The van der Waals surface area contributed by atoms with E-state index in [1.54, 1.807) is 36.3 Å². The summed E-state index contributed by atoms with van der Waals surface area (Å²) >= 11 is 1.27. The smallest absolute Gasteiger partial charge is 0.416 e. The summed E-state index contributed by atoms with van der Waals surface area (Å²) in [4.78, 5) is 33.1. The number of carbonyl (C=O) groups is 2. The number of ether oxygens (including phenoxy) is 3. The van der Waals surface area contributed by atoms with E-state index in [-0.39, 0.29) is 17.3 Å². The fourth-order valence-corrected chi connectivity index (χ4v) is 5.92. The van der Waals surface area contributed by atoms with Crippen molar-refractivity contribution in [1.29, 1.82) is 0 Å². The SMILES string of the molecule is CCc1ccc(N=C2SC(=Cc3ccc(OCC(=O)Nc4cccc(C(F)(F)F)c4)c(OC)c3)C(=O)N2CCc2ccc(OC)cc2)cc1. The summed E-state index contributed by atoms with van der Waals surface area (Å²) in [5.74, 6) is 0.468. The van der Waals surface area contributed by atoms with Crippen molar-refractivity contribution in [1.82, 2.24) is 4.90 Å². The molecule has 0 saturated carbocycles. The van der Waals surface area contributed by atoms with E-state index >= 15 is 0 Å². The number of anilines is 1. The summed E-state index contributed by atoms with van der Waals surface area (Å²) < 4.78 is 55.4. The van der Waals surface area contributed by atoms with Gasteiger partial charge in [-0.3, -0.25) is 14.5 Å². The molecule has 1 saturated heterocycles. The first-order valence-electron chi connectivity index (χ1n) is 15.4. The second-order valence-electron chi connectivity index (χ2n) is 10.9. The first kappa shape index (κ1) is 35.1. The van der Waals surface area contributed by atoms with Gasteiger partial charge in [-0.2, -0.15) is 13.2 Å². The van der Waals surface area contributed by atoms with Crippen LogP contribution >= 0.6 is 11.8 Å². The van der Waals surface area contributed by atoms with E-state index in [1.807, 2.05) is 48.5 Å². The van der Waals surface area contributed by atoms with Gasteiger partial charge in [0.25, 0.3) is 11.8 Å². The first-order valence-corrected chi connectivity index (χ1v) is 16.2. The van der Waals surface area contributed by atoms with E-state index in [9.17, 15) is 22.8 Å². The van der Waals surface area contributed by atoms with E-state index in [0.29, 0.717) is 34.4 Å². The molecule has 1 N–H and O–H groups in total. The number of nitrogens with one attached hydrogen (secondary N) is 1. The first-order chi connectivity index (χ1) is 23.6. The molecule has 0 radical (unpaired) electrons. The van der Waals surface area contributed by atoms with Gasteiger partial charge in [0.1, 0.15) is 5.75 Å². The minimum absolute atomic E-state index is 0.00461. The number of alkyl halides is 3. The summed E-state index contributed by atoms with van der Waals surface area (Å²) in [6, 6.07) is 24.9. The summed E-state index contributed by atoms with van der Waals surface area (Å²) in [6.07, 6.45) is -1.28. The van der Waals surface area contributed by atoms with Gasteiger partial charge >= 0.3 is 6.18 Å². The average Bonchev–Trinajstić information content (AvgIpc) is 3.39. The highest BCUT2D eigenvalue weighted by Crippen LogP contribution is 2.36. The van der Waals surface area contributed by atoms with Gasteiger partial charge in [-0.1, -0.05) is 43.3 Å². The lowest BCUT2D eigenvalue weighted by molar-refractivity contribution is -0.137. The molecule has 0 bridgehead atoms. The largest absolute Gasteiger partial charge is 0.497 e. The maximum absolute atomic E-state index is 13.7. The van der Waals surface area contributed by atoms with Crippen molar-refractivity contribution < 1.29 is 37.0 Å². The predicted molar refractivity (Wildman–Crippen MR) is 185 cm³/mol. The Hall–Kier alpha value is -5.23. The minimum atomic E-state index is -4.53. The normalized spacial score (nSPS) is 14.7. The number of methoxy groups -OCH3 is 2. The van der Waals surface area contributed by atoms with Crippen LogP contribution in [0.25, 0.3) is 6.08 Å². The van der Waals surface area contributed by atoms with Crippen LogP contribution in [0.1, 0.15) is 29.2 Å². The van der Waals surface area contributed by atoms with Crippen LogP contribution in [0.3, 0.4) is 0 Å². The Balaban J connectivity index is 1.31. The van der Waals surface area contributed by atoms with Gasteiger partial charge in [-0.15, -0.1) is 0 Å². The van der Waals surface area contributed by atoms with Gasteiger partial charge in [0, 0.05) is 12.2 Å². The van der Waals surface area contributed by atoms with Crippen molar-refractivity contribution in [2.24, 2.45) is 4.99 Å². The summed E-state index contributed by atoms with van der Waals surface area (Å²) in [5, 5.41) is 2.97. The van der Waals surface area contributed by atoms with Gasteiger partial charge in [0.05, 0.1) is 30.4 Å². The Bertz CT molecular complexity index is 1860. The van der Waals surface area contributed by atoms with Crippen LogP contribution in [0.5, 0.6) is 17.2 Å². The minimum Gasteiger partial charge on any atom is -0.497 e. The van der Waals surface area contributed by atoms with Crippen LogP contribution < -0.4 is 19.5 Å². The van der Waals surface area contributed by atoms with E-state index in [0.717, 1.165) is 35.6 Å². The van der Waals surface area contributed by atoms with Crippen LogP contribution in [0.2, 0.25) is 0 Å². The zero-order valence-corrected chi connectivity index (χ0v) is 27.9. The van der Waals surface area contributed by atoms with Crippen LogP contribution in [-0.4, -0.2) is 49.3 Å². The summed E-state index contributed by atoms with van der Waals surface area (Å²) in [6.45, 7) is 2.03. The predicted octanol–water partition coefficient (Wildman–Crippen LogP) is 8.15. The highest BCUT2D eigenvalue weighted by molar-refractivity contribution is 8.18. The van der Waals surface area contributed by atoms with Crippen molar-refractivity contribution in [3.05, 3.63) is 118 Å². The van der Waals surface area contributed by atoms with Crippen molar-refractivity contribution in [3.63, 3.8) is 0 Å². The molecule has 1 aliphatic heterocycles. The lowest BCUT2D eigenvalue weighted by atomic mass is 10.1. The van der Waals surface area contributed by atoms with Crippen LogP contribution in [-0.2, 0) is 28.6 Å². The summed E-state index contributed by atoms with van der Waals surface area (Å²) in [5.41, 5.74) is 2.75. The second kappa shape index (κ2) is 15.8. The highest BCUT2D eigenvalue weighted by Gasteiger charge is 2.33. The monoisotopic (exact) mass is 689 g/mol. The molecule has 0 atom stereocenters. The molecule has 0 aliphatic carbocycles. The van der Waals surface area contributed by atoms with Crippen molar-refractivity contribution in [3.8, 4) is 17.2 Å². The fraction of sp³-hybridized carbons (Fsp3) is 0.216. The van der Waals surface area contributed by atoms with E-state index < -0.39 is 24.3 Å². The Morgan fingerprint density at radius 3 is 2.33 bits per heavy atom. The second-order valence-corrected chi connectivity index (χ2v) is 11.9. The lowest BCUT2D eigenvalue weighted by Crippen LogP contribution is -2.31. The topological polar surface area (TPSA) is 89.5 Å². The van der Waals surface area contributed by atoms with Crippen LogP contribution in [0, 0.1) is 0 Å². The number of aliphatic imine (C=N–C) groups is 1. The average molecular weight is 690 g/mol. The molecule has 1 fully saturated rings. The van der Waals surface area contributed by atoms with Gasteiger partial charge in [0.15, 0.2) is 23.3 Å². The molecule has 0 spiro atoms. The number of carbonyl (C=O) groups excluding carboxylic acids is 2. The quantitative estimate of drug-likeness (QED) is 0.151. The molecule has 1 heterocycles. The Labute approximate surface area is 286 Å². The van der Waals surface area contributed by atoms with Crippen LogP contribution in [0.15, 0.2) is 101 Å². The number of nitrogens with zero attached hydrogens (tertiary/aromatic N) is 2. The van der Waals surface area contributed by atoms with E-state index in [1.165, 1.54) is 36.6 Å². The molecule has 4 aromatic carbocycles. The number of hydrogen-bond acceptors (Lipinski definition) is 7. The van der Waals surface area contributed by atoms with Crippen LogP contribution in [0.4, 0.5) is 24.5 Å². The molecular formula is C37H34F3N3O5S. The summed E-state index contributed by atoms with van der Waals surface area (Å²) in [7, 11) is 3.05. The van der Waals surface area contributed by atoms with E-state index in [2.05, 4.69) is 12.2 Å². The number of aryl methyl sites for hydroxylation is 1. The number of benzene rings is 4. The lowest BCUT2D eigenvalue weighted by Gasteiger charge is -2.16. The Morgan fingerprint density at radius 1 is 0.918 bits per heavy atom.